The molecule has 1 aromatic carbocycles. The van der Waals surface area contributed by atoms with E-state index in [9.17, 15) is 18.4 Å². The van der Waals surface area contributed by atoms with E-state index in [-0.39, 0.29) is 40.8 Å². The standard InChI is InChI=1S/C28H33F2N5O3S/c1-6-7-12-38-25-23-27(37)33(4)28(11-10-16(2)17(28)3)34(5)35(23)15-20(24(25)36)26-32-31-22(39-26)13-18-8-9-19(29)14-21(18)30/h8-9,14-17H,6-7,10-13H2,1-5H3/t16-,17-,28?/m0/s1. The van der Waals surface area contributed by atoms with Crippen LogP contribution in [0.15, 0.2) is 29.2 Å². The van der Waals surface area contributed by atoms with E-state index in [1.54, 1.807) is 22.8 Å². The van der Waals surface area contributed by atoms with Crippen LogP contribution in [0.4, 0.5) is 8.78 Å². The van der Waals surface area contributed by atoms with Gasteiger partial charge in [-0.05, 0) is 36.8 Å². The maximum absolute atomic E-state index is 14.2. The van der Waals surface area contributed by atoms with Crippen molar-refractivity contribution in [2.45, 2.75) is 58.5 Å². The van der Waals surface area contributed by atoms with Crippen molar-refractivity contribution in [2.75, 3.05) is 25.7 Å². The summed E-state index contributed by atoms with van der Waals surface area (Å²) in [4.78, 5) is 29.4. The summed E-state index contributed by atoms with van der Waals surface area (Å²) in [7, 11) is 3.74. The maximum Gasteiger partial charge on any atom is 0.278 e. The molecule has 0 N–H and O–H groups in total. The lowest BCUT2D eigenvalue weighted by Gasteiger charge is -2.54. The summed E-state index contributed by atoms with van der Waals surface area (Å²) in [5.41, 5.74) is -0.258. The lowest BCUT2D eigenvalue weighted by molar-refractivity contribution is 0.0229. The zero-order valence-electron chi connectivity index (χ0n) is 22.8. The smallest absolute Gasteiger partial charge is 0.278 e. The van der Waals surface area contributed by atoms with Crippen LogP contribution < -0.4 is 15.2 Å². The quantitative estimate of drug-likeness (QED) is 0.387. The van der Waals surface area contributed by atoms with Gasteiger partial charge < -0.3 is 9.64 Å². The second-order valence-corrected chi connectivity index (χ2v) is 11.6. The fraction of sp³-hybridized carbons (Fsp3) is 0.500. The Balaban J connectivity index is 1.61. The summed E-state index contributed by atoms with van der Waals surface area (Å²) in [5, 5.41) is 11.3. The Bertz CT molecular complexity index is 1470. The molecular weight excluding hydrogens is 524 g/mol. The molecule has 0 radical (unpaired) electrons. The highest BCUT2D eigenvalue weighted by molar-refractivity contribution is 7.14. The number of benzene rings is 1. The molecule has 1 unspecified atom stereocenters. The Kier molecular flexibility index (Phi) is 7.21. The summed E-state index contributed by atoms with van der Waals surface area (Å²) in [6, 6.07) is 3.40. The van der Waals surface area contributed by atoms with Gasteiger partial charge in [0.05, 0.1) is 12.2 Å². The number of hydrogen-bond acceptors (Lipinski definition) is 7. The molecular formula is C28H33F2N5O3S. The minimum atomic E-state index is -0.665. The van der Waals surface area contributed by atoms with Gasteiger partial charge in [-0.25, -0.2) is 8.78 Å². The minimum Gasteiger partial charge on any atom is -0.487 e. The first kappa shape index (κ1) is 27.2. The molecule has 208 valence electrons. The molecule has 1 saturated carbocycles. The van der Waals surface area contributed by atoms with Crippen LogP contribution >= 0.6 is 11.3 Å². The van der Waals surface area contributed by atoms with Crippen LogP contribution in [-0.2, 0) is 6.42 Å². The van der Waals surface area contributed by atoms with Gasteiger partial charge in [0.25, 0.3) is 5.91 Å². The van der Waals surface area contributed by atoms with Crippen LogP contribution in [0.3, 0.4) is 0 Å². The van der Waals surface area contributed by atoms with Crippen molar-refractivity contribution in [3.8, 4) is 16.3 Å². The van der Waals surface area contributed by atoms with Crippen LogP contribution in [0.5, 0.6) is 5.75 Å². The van der Waals surface area contributed by atoms with Gasteiger partial charge in [0.15, 0.2) is 16.5 Å². The number of fused-ring (bicyclic) bond motifs is 1. The number of ether oxygens (including phenoxy) is 1. The van der Waals surface area contributed by atoms with Crippen molar-refractivity contribution in [2.24, 2.45) is 11.8 Å². The number of unbranched alkanes of at least 4 members (excludes halogenated alkanes) is 1. The molecule has 3 heterocycles. The summed E-state index contributed by atoms with van der Waals surface area (Å²) in [6.45, 7) is 6.68. The Morgan fingerprint density at radius 3 is 2.62 bits per heavy atom. The fourth-order valence-electron chi connectivity index (χ4n) is 5.92. The first-order valence-electron chi connectivity index (χ1n) is 13.3. The highest BCUT2D eigenvalue weighted by atomic mass is 32.1. The highest BCUT2D eigenvalue weighted by Gasteiger charge is 2.56. The number of aromatic nitrogens is 3. The van der Waals surface area contributed by atoms with E-state index in [1.165, 1.54) is 12.1 Å². The Labute approximate surface area is 230 Å². The first-order chi connectivity index (χ1) is 18.6. The lowest BCUT2D eigenvalue weighted by Crippen LogP contribution is -2.69. The van der Waals surface area contributed by atoms with E-state index in [0.29, 0.717) is 22.5 Å². The predicted octanol–water partition coefficient (Wildman–Crippen LogP) is 4.83. The predicted molar refractivity (Wildman–Crippen MR) is 146 cm³/mol. The number of carbonyl (C=O) groups excluding carboxylic acids is 1. The van der Waals surface area contributed by atoms with Crippen LogP contribution in [0.1, 0.15) is 67.5 Å². The SMILES string of the molecule is CCCCOc1c2n(cc(-c3nnc(Cc4ccc(F)cc4F)s3)c1=O)N(C)C1(CC[C@H](C)[C@@H]1C)N(C)C2=O. The van der Waals surface area contributed by atoms with Gasteiger partial charge in [-0.2, -0.15) is 0 Å². The van der Waals surface area contributed by atoms with Crippen LogP contribution in [0.25, 0.3) is 10.6 Å². The number of rotatable bonds is 7. The molecule has 39 heavy (non-hydrogen) atoms. The normalized spacial score (nSPS) is 22.6. The third-order valence-electron chi connectivity index (χ3n) is 8.47. The summed E-state index contributed by atoms with van der Waals surface area (Å²) in [6.07, 6.45) is 5.13. The van der Waals surface area contributed by atoms with Crippen molar-refractivity contribution in [1.82, 2.24) is 19.8 Å². The fourth-order valence-corrected chi connectivity index (χ4v) is 6.79. The molecule has 1 spiro atoms. The van der Waals surface area contributed by atoms with Gasteiger partial charge in [0.1, 0.15) is 22.3 Å². The van der Waals surface area contributed by atoms with E-state index in [1.807, 2.05) is 19.0 Å². The molecule has 1 aliphatic heterocycles. The maximum atomic E-state index is 14.2. The van der Waals surface area contributed by atoms with E-state index in [4.69, 9.17) is 4.74 Å². The second-order valence-electron chi connectivity index (χ2n) is 10.6. The van der Waals surface area contributed by atoms with E-state index < -0.39 is 22.7 Å². The molecule has 2 aliphatic rings. The molecule has 3 atom stereocenters. The van der Waals surface area contributed by atoms with Crippen molar-refractivity contribution >= 4 is 17.2 Å². The molecule has 2 aromatic heterocycles. The molecule has 5 rings (SSSR count). The van der Waals surface area contributed by atoms with Gasteiger partial charge >= 0.3 is 0 Å². The molecule has 3 aromatic rings. The van der Waals surface area contributed by atoms with Crippen molar-refractivity contribution in [3.05, 3.63) is 62.5 Å². The summed E-state index contributed by atoms with van der Waals surface area (Å²) in [5.74, 6) is -0.966. The highest BCUT2D eigenvalue weighted by Crippen LogP contribution is 2.47. The molecule has 0 saturated heterocycles. The second kappa shape index (κ2) is 10.3. The van der Waals surface area contributed by atoms with Gasteiger partial charge in [0.2, 0.25) is 5.43 Å². The van der Waals surface area contributed by atoms with Crippen molar-refractivity contribution in [3.63, 3.8) is 0 Å². The largest absolute Gasteiger partial charge is 0.487 e. The number of nitrogens with zero attached hydrogens (tertiary/aromatic N) is 5. The number of amides is 1. The summed E-state index contributed by atoms with van der Waals surface area (Å²) < 4.78 is 35.3. The first-order valence-corrected chi connectivity index (χ1v) is 14.1. The van der Waals surface area contributed by atoms with Crippen molar-refractivity contribution < 1.29 is 18.3 Å². The van der Waals surface area contributed by atoms with E-state index in [0.717, 1.165) is 43.1 Å². The van der Waals surface area contributed by atoms with Crippen LogP contribution in [0.2, 0.25) is 0 Å². The average Bonchev–Trinajstić information content (AvgIpc) is 3.49. The van der Waals surface area contributed by atoms with Gasteiger partial charge in [0, 0.05) is 38.7 Å². The van der Waals surface area contributed by atoms with Crippen molar-refractivity contribution in [1.29, 1.82) is 0 Å². The summed E-state index contributed by atoms with van der Waals surface area (Å²) >= 11 is 1.16. The monoisotopic (exact) mass is 557 g/mol. The number of pyridine rings is 1. The Hall–Kier alpha value is -3.34. The average molecular weight is 558 g/mol. The number of carbonyl (C=O) groups is 1. The van der Waals surface area contributed by atoms with Gasteiger partial charge in [-0.1, -0.05) is 44.6 Å². The third-order valence-corrected chi connectivity index (χ3v) is 9.42. The van der Waals surface area contributed by atoms with Gasteiger partial charge in [-0.3, -0.25) is 19.3 Å². The molecule has 1 amide bonds. The zero-order chi connectivity index (χ0) is 28.1. The van der Waals surface area contributed by atoms with Gasteiger partial charge in [-0.15, -0.1) is 10.2 Å². The molecule has 8 nitrogen and oxygen atoms in total. The Morgan fingerprint density at radius 2 is 1.95 bits per heavy atom. The van der Waals surface area contributed by atoms with Crippen LogP contribution in [0, 0.1) is 23.5 Å². The molecule has 11 heteroatoms. The molecule has 1 fully saturated rings. The van der Waals surface area contributed by atoms with Crippen LogP contribution in [-0.4, -0.2) is 52.0 Å². The minimum absolute atomic E-state index is 0.000438. The van der Waals surface area contributed by atoms with E-state index in [2.05, 4.69) is 24.0 Å². The molecule has 0 bridgehead atoms. The number of hydrogen-bond donors (Lipinski definition) is 0. The molecule has 1 aliphatic carbocycles. The number of halogens is 2. The lowest BCUT2D eigenvalue weighted by atomic mass is 9.89. The topological polar surface area (TPSA) is 80.6 Å². The third kappa shape index (κ3) is 4.40. The van der Waals surface area contributed by atoms with E-state index >= 15 is 0 Å². The Morgan fingerprint density at radius 1 is 1.18 bits per heavy atom. The zero-order valence-corrected chi connectivity index (χ0v) is 23.6.